The van der Waals surface area contributed by atoms with Crippen LogP contribution in [-0.2, 0) is 17.8 Å². The van der Waals surface area contributed by atoms with Crippen LogP contribution in [0, 0.1) is 11.8 Å². The van der Waals surface area contributed by atoms with Crippen LogP contribution in [0.4, 0.5) is 10.7 Å². The number of aromatic nitrogens is 2. The Bertz CT molecular complexity index is 1360. The Morgan fingerprint density at radius 1 is 1.18 bits per heavy atom. The maximum absolute atomic E-state index is 13.6. The van der Waals surface area contributed by atoms with Crippen molar-refractivity contribution in [1.82, 2.24) is 19.8 Å². The minimum atomic E-state index is -0.555. The molecule has 1 fully saturated rings. The zero-order valence-corrected chi connectivity index (χ0v) is 23.0. The number of carbonyl (C=O) groups is 2. The second-order valence-corrected chi connectivity index (χ2v) is 10.7. The van der Waals surface area contributed by atoms with Gasteiger partial charge in [-0.05, 0) is 56.9 Å². The number of carbonyl (C=O) groups excluding carboxylic acids is 2. The number of ether oxygens (including phenoxy) is 1. The Balaban J connectivity index is 1.53. The number of nitrogens with one attached hydrogen (secondary N) is 1. The number of imidazole rings is 1. The second-order valence-electron chi connectivity index (χ2n) is 10.7. The molecule has 1 aromatic heterocycles. The van der Waals surface area contributed by atoms with E-state index in [2.05, 4.69) is 51.3 Å². The number of anilines is 1. The molecule has 1 unspecified atom stereocenters. The molecular weight excluding hydrogens is 478 g/mol. The summed E-state index contributed by atoms with van der Waals surface area (Å²) in [6.45, 7) is 9.52. The topological polar surface area (TPSA) is 79.7 Å². The molecule has 8 heteroatoms. The third kappa shape index (κ3) is 6.46. The molecule has 1 saturated heterocycles. The maximum atomic E-state index is 13.6. The van der Waals surface area contributed by atoms with E-state index in [0.717, 1.165) is 35.7 Å². The largest absolute Gasteiger partial charge is 0.444 e. The molecule has 0 radical (unpaired) electrons. The number of alkyl carbamates (subject to hydrolysis) is 1. The fourth-order valence-corrected chi connectivity index (χ4v) is 4.81. The van der Waals surface area contributed by atoms with Gasteiger partial charge in [0.05, 0.1) is 12.7 Å². The highest BCUT2D eigenvalue weighted by Crippen LogP contribution is 2.24. The van der Waals surface area contributed by atoms with Gasteiger partial charge in [0.25, 0.3) is 5.91 Å². The molecule has 0 aliphatic carbocycles. The summed E-state index contributed by atoms with van der Waals surface area (Å²) >= 11 is 0. The summed E-state index contributed by atoms with van der Waals surface area (Å²) in [5.41, 5.74) is 1.03. The lowest BCUT2D eigenvalue weighted by Crippen LogP contribution is -2.49. The van der Waals surface area contributed by atoms with Crippen LogP contribution in [0.15, 0.2) is 48.7 Å². The standard InChI is InChI=1S/C30H37N5O3/c1-6-7-18-35-26(27(36)33(5)20-23-14-10-13-22-12-8-9-16-25(22)23)19-31-28(35)34-17-11-15-24(21-34)32-29(37)38-30(2,3)4/h8-10,12-14,16,19,24H,11,15,17-18,20-21H2,1-5H3,(H,32,37). The summed E-state index contributed by atoms with van der Waals surface area (Å²) < 4.78 is 7.32. The first kappa shape index (κ1) is 27.1. The van der Waals surface area contributed by atoms with Gasteiger partial charge in [-0.15, -0.1) is 5.92 Å². The fourth-order valence-electron chi connectivity index (χ4n) is 4.81. The Labute approximate surface area is 225 Å². The number of hydrogen-bond donors (Lipinski definition) is 1. The van der Waals surface area contributed by atoms with Crippen molar-refractivity contribution in [2.24, 2.45) is 0 Å². The highest BCUT2D eigenvalue weighted by molar-refractivity contribution is 5.93. The molecule has 4 rings (SSSR count). The van der Waals surface area contributed by atoms with Crippen molar-refractivity contribution in [3.8, 4) is 11.8 Å². The van der Waals surface area contributed by atoms with Crippen LogP contribution >= 0.6 is 0 Å². The molecule has 200 valence electrons. The van der Waals surface area contributed by atoms with E-state index in [9.17, 15) is 9.59 Å². The molecule has 2 aromatic carbocycles. The first-order valence-corrected chi connectivity index (χ1v) is 13.1. The van der Waals surface area contributed by atoms with Crippen LogP contribution < -0.4 is 10.2 Å². The number of nitrogens with zero attached hydrogens (tertiary/aromatic N) is 4. The molecule has 38 heavy (non-hydrogen) atoms. The summed E-state index contributed by atoms with van der Waals surface area (Å²) in [7, 11) is 1.81. The van der Waals surface area contributed by atoms with Crippen LogP contribution in [0.1, 0.15) is 56.6 Å². The molecule has 1 N–H and O–H groups in total. The van der Waals surface area contributed by atoms with Gasteiger partial charge >= 0.3 is 6.09 Å². The van der Waals surface area contributed by atoms with E-state index in [0.29, 0.717) is 31.3 Å². The average molecular weight is 516 g/mol. The van der Waals surface area contributed by atoms with E-state index in [4.69, 9.17) is 4.74 Å². The number of piperidine rings is 1. The molecule has 0 bridgehead atoms. The molecule has 0 spiro atoms. The van der Waals surface area contributed by atoms with Crippen molar-refractivity contribution >= 4 is 28.7 Å². The van der Waals surface area contributed by atoms with Crippen molar-refractivity contribution in [2.45, 2.75) is 65.3 Å². The molecule has 1 aliphatic rings. The summed E-state index contributed by atoms with van der Waals surface area (Å²) in [6.07, 6.45) is 2.96. The predicted molar refractivity (Wildman–Crippen MR) is 150 cm³/mol. The minimum absolute atomic E-state index is 0.0748. The lowest BCUT2D eigenvalue weighted by molar-refractivity contribution is 0.0499. The first-order chi connectivity index (χ1) is 18.2. The molecular formula is C30H37N5O3. The number of rotatable bonds is 6. The van der Waals surface area contributed by atoms with E-state index in [1.807, 2.05) is 50.6 Å². The lowest BCUT2D eigenvalue weighted by Gasteiger charge is -2.34. The number of fused-ring (bicyclic) bond motifs is 1. The van der Waals surface area contributed by atoms with Gasteiger partial charge in [0.15, 0.2) is 0 Å². The second kappa shape index (κ2) is 11.6. The molecule has 1 atom stereocenters. The lowest BCUT2D eigenvalue weighted by atomic mass is 10.0. The number of hydrogen-bond acceptors (Lipinski definition) is 5. The SMILES string of the molecule is CC#CCn1c(C(=O)N(C)Cc2cccc3ccccc23)cnc1N1CCCC(NC(=O)OC(C)(C)C)C1. The molecule has 0 saturated carbocycles. The predicted octanol–water partition coefficient (Wildman–Crippen LogP) is 4.83. The van der Waals surface area contributed by atoms with E-state index in [1.165, 1.54) is 0 Å². The van der Waals surface area contributed by atoms with E-state index < -0.39 is 11.7 Å². The van der Waals surface area contributed by atoms with Crippen LogP contribution in [0.2, 0.25) is 0 Å². The van der Waals surface area contributed by atoms with Crippen LogP contribution in [0.3, 0.4) is 0 Å². The van der Waals surface area contributed by atoms with Gasteiger partial charge < -0.3 is 19.9 Å². The minimum Gasteiger partial charge on any atom is -0.444 e. The third-order valence-corrected chi connectivity index (χ3v) is 6.53. The van der Waals surface area contributed by atoms with Crippen molar-refractivity contribution in [3.63, 3.8) is 0 Å². The van der Waals surface area contributed by atoms with E-state index in [1.54, 1.807) is 18.0 Å². The van der Waals surface area contributed by atoms with E-state index >= 15 is 0 Å². The Morgan fingerprint density at radius 2 is 1.95 bits per heavy atom. The van der Waals surface area contributed by atoms with Gasteiger partial charge in [-0.3, -0.25) is 9.36 Å². The molecule has 2 amide bonds. The van der Waals surface area contributed by atoms with Gasteiger partial charge in [-0.1, -0.05) is 48.4 Å². The number of benzene rings is 2. The molecule has 1 aliphatic heterocycles. The van der Waals surface area contributed by atoms with Crippen molar-refractivity contribution in [3.05, 3.63) is 59.9 Å². The Morgan fingerprint density at radius 3 is 2.71 bits per heavy atom. The summed E-state index contributed by atoms with van der Waals surface area (Å²) in [5, 5.41) is 5.27. The van der Waals surface area contributed by atoms with Crippen LogP contribution in [-0.4, -0.2) is 58.2 Å². The monoisotopic (exact) mass is 515 g/mol. The summed E-state index contributed by atoms with van der Waals surface area (Å²) in [6, 6.07) is 14.3. The van der Waals surface area contributed by atoms with Gasteiger partial charge in [-0.25, -0.2) is 9.78 Å². The van der Waals surface area contributed by atoms with Crippen LogP contribution in [0.25, 0.3) is 10.8 Å². The van der Waals surface area contributed by atoms with Gasteiger partial charge in [0.1, 0.15) is 11.3 Å². The van der Waals surface area contributed by atoms with E-state index in [-0.39, 0.29) is 11.9 Å². The third-order valence-electron chi connectivity index (χ3n) is 6.53. The number of amides is 2. The molecule has 8 nitrogen and oxygen atoms in total. The normalized spacial score (nSPS) is 15.5. The Hall–Kier alpha value is -3.99. The van der Waals surface area contributed by atoms with Crippen molar-refractivity contribution in [1.29, 1.82) is 0 Å². The smallest absolute Gasteiger partial charge is 0.407 e. The molecule has 3 aromatic rings. The van der Waals surface area contributed by atoms with Crippen molar-refractivity contribution in [2.75, 3.05) is 25.0 Å². The average Bonchev–Trinajstić information content (AvgIpc) is 3.30. The van der Waals surface area contributed by atoms with Gasteiger partial charge in [-0.2, -0.15) is 0 Å². The van der Waals surface area contributed by atoms with Crippen molar-refractivity contribution < 1.29 is 14.3 Å². The fraction of sp³-hybridized carbons (Fsp3) is 0.433. The zero-order chi connectivity index (χ0) is 27.3. The maximum Gasteiger partial charge on any atom is 0.407 e. The van der Waals surface area contributed by atoms with Gasteiger partial charge in [0, 0.05) is 32.7 Å². The Kier molecular flexibility index (Phi) is 8.26. The van der Waals surface area contributed by atoms with Crippen LogP contribution in [0.5, 0.6) is 0 Å². The quantitative estimate of drug-likeness (QED) is 0.476. The summed E-state index contributed by atoms with van der Waals surface area (Å²) in [5.74, 6) is 6.60. The van der Waals surface area contributed by atoms with Gasteiger partial charge in [0.2, 0.25) is 5.95 Å². The highest BCUT2D eigenvalue weighted by atomic mass is 16.6. The zero-order valence-electron chi connectivity index (χ0n) is 23.0. The highest BCUT2D eigenvalue weighted by Gasteiger charge is 2.28. The molecule has 2 heterocycles. The first-order valence-electron chi connectivity index (χ1n) is 13.1. The summed E-state index contributed by atoms with van der Waals surface area (Å²) in [4.78, 5) is 34.5.